The number of nitrogens with two attached hydrogens (primary N) is 1. The maximum Gasteiger partial charge on any atom is 0.223 e. The van der Waals surface area contributed by atoms with Crippen LogP contribution in [0.5, 0.6) is 0 Å². The molecule has 3 aliphatic rings. The molecule has 3 N–H and O–H groups in total. The van der Waals surface area contributed by atoms with E-state index in [1.165, 1.54) is 32.1 Å². The van der Waals surface area contributed by atoms with Crippen LogP contribution in [0.15, 0.2) is 0 Å². The predicted molar refractivity (Wildman–Crippen MR) is 67.3 cm³/mol. The molecular weight excluding hydrogens is 212 g/mol. The topological polar surface area (TPSA) is 55.1 Å². The van der Waals surface area contributed by atoms with Gasteiger partial charge in [0.1, 0.15) is 0 Å². The van der Waals surface area contributed by atoms with Gasteiger partial charge in [-0.3, -0.25) is 4.79 Å². The quantitative estimate of drug-likeness (QED) is 0.768. The number of hydrogen-bond donors (Lipinski definition) is 2. The normalized spacial score (nSPS) is 44.9. The minimum Gasteiger partial charge on any atom is -0.352 e. The Morgan fingerprint density at radius 3 is 2.53 bits per heavy atom. The number of hydrogen-bond acceptors (Lipinski definition) is 2. The van der Waals surface area contributed by atoms with Crippen LogP contribution in [-0.4, -0.2) is 18.0 Å². The highest BCUT2D eigenvalue weighted by Gasteiger charge is 2.43. The Morgan fingerprint density at radius 2 is 1.88 bits per heavy atom. The zero-order valence-corrected chi connectivity index (χ0v) is 10.5. The van der Waals surface area contributed by atoms with Crippen LogP contribution in [0.3, 0.4) is 0 Å². The Balaban J connectivity index is 1.56. The standard InChI is InChI=1S/C14H24N2O/c15-12-3-1-2-4-13(12)16-14(17)11-8-9-5-6-10(11)7-9/h9-13H,1-8,15H2,(H,16,17)/t9-,10-,11-,12+,13+/m0/s1. The molecular formula is C14H24N2O. The van der Waals surface area contributed by atoms with Crippen LogP contribution in [0.1, 0.15) is 51.4 Å². The molecule has 0 heterocycles. The van der Waals surface area contributed by atoms with Crippen molar-refractivity contribution >= 4 is 5.91 Å². The predicted octanol–water partition coefficient (Wildman–Crippen LogP) is 1.81. The van der Waals surface area contributed by atoms with Crippen molar-refractivity contribution in [3.63, 3.8) is 0 Å². The van der Waals surface area contributed by atoms with E-state index in [0.29, 0.717) is 17.7 Å². The third kappa shape index (κ3) is 2.22. The van der Waals surface area contributed by atoms with Crippen molar-refractivity contribution in [3.05, 3.63) is 0 Å². The van der Waals surface area contributed by atoms with Crippen LogP contribution >= 0.6 is 0 Å². The molecule has 0 aromatic rings. The number of fused-ring (bicyclic) bond motifs is 2. The lowest BCUT2D eigenvalue weighted by Crippen LogP contribution is -2.51. The van der Waals surface area contributed by atoms with E-state index in [1.807, 2.05) is 0 Å². The van der Waals surface area contributed by atoms with Crippen LogP contribution in [-0.2, 0) is 4.79 Å². The maximum atomic E-state index is 12.3. The van der Waals surface area contributed by atoms with E-state index in [1.54, 1.807) is 0 Å². The highest BCUT2D eigenvalue weighted by molar-refractivity contribution is 5.79. The zero-order valence-electron chi connectivity index (χ0n) is 10.5. The lowest BCUT2D eigenvalue weighted by atomic mass is 9.86. The van der Waals surface area contributed by atoms with E-state index < -0.39 is 0 Å². The smallest absolute Gasteiger partial charge is 0.223 e. The average Bonchev–Trinajstić information content (AvgIpc) is 2.94. The Morgan fingerprint density at radius 1 is 1.06 bits per heavy atom. The van der Waals surface area contributed by atoms with E-state index in [-0.39, 0.29) is 12.1 Å². The van der Waals surface area contributed by atoms with Gasteiger partial charge in [0, 0.05) is 18.0 Å². The van der Waals surface area contributed by atoms with E-state index in [9.17, 15) is 4.79 Å². The summed E-state index contributed by atoms with van der Waals surface area (Å²) in [5.74, 6) is 2.14. The molecule has 0 aromatic carbocycles. The van der Waals surface area contributed by atoms with Gasteiger partial charge in [-0.05, 0) is 43.9 Å². The van der Waals surface area contributed by atoms with Gasteiger partial charge in [0.05, 0.1) is 0 Å². The number of amides is 1. The van der Waals surface area contributed by atoms with Gasteiger partial charge in [0.2, 0.25) is 5.91 Å². The maximum absolute atomic E-state index is 12.3. The van der Waals surface area contributed by atoms with Crippen molar-refractivity contribution in [1.82, 2.24) is 5.32 Å². The van der Waals surface area contributed by atoms with E-state index in [2.05, 4.69) is 5.32 Å². The molecule has 0 spiro atoms. The fourth-order valence-corrected chi connectivity index (χ4v) is 4.19. The van der Waals surface area contributed by atoms with Gasteiger partial charge < -0.3 is 11.1 Å². The minimum atomic E-state index is 0.186. The van der Waals surface area contributed by atoms with Gasteiger partial charge in [0.15, 0.2) is 0 Å². The summed E-state index contributed by atoms with van der Waals surface area (Å²) >= 11 is 0. The highest BCUT2D eigenvalue weighted by atomic mass is 16.2. The van der Waals surface area contributed by atoms with Crippen molar-refractivity contribution < 1.29 is 4.79 Å². The third-order valence-electron chi connectivity index (χ3n) is 5.22. The summed E-state index contributed by atoms with van der Waals surface area (Å²) in [4.78, 5) is 12.3. The fourth-order valence-electron chi connectivity index (χ4n) is 4.19. The van der Waals surface area contributed by atoms with Crippen LogP contribution in [0.2, 0.25) is 0 Å². The molecule has 0 saturated heterocycles. The first-order chi connectivity index (χ1) is 8.24. The fraction of sp³-hybridized carbons (Fsp3) is 0.929. The summed E-state index contributed by atoms with van der Waals surface area (Å²) in [6.45, 7) is 0. The van der Waals surface area contributed by atoms with Crippen molar-refractivity contribution in [2.45, 2.75) is 63.5 Å². The monoisotopic (exact) mass is 236 g/mol. The van der Waals surface area contributed by atoms with Crippen molar-refractivity contribution in [1.29, 1.82) is 0 Å². The van der Waals surface area contributed by atoms with E-state index in [4.69, 9.17) is 5.73 Å². The van der Waals surface area contributed by atoms with Gasteiger partial charge in [-0.1, -0.05) is 19.3 Å². The SMILES string of the molecule is N[C@@H]1CCCC[C@H]1NC(=O)[C@H]1C[C@H]2CC[C@H]1C2. The van der Waals surface area contributed by atoms with Crippen LogP contribution in [0, 0.1) is 17.8 Å². The summed E-state index contributed by atoms with van der Waals surface area (Å²) in [7, 11) is 0. The van der Waals surface area contributed by atoms with E-state index >= 15 is 0 Å². The first-order valence-electron chi connectivity index (χ1n) is 7.30. The molecule has 0 unspecified atom stereocenters. The summed E-state index contributed by atoms with van der Waals surface area (Å²) < 4.78 is 0. The molecule has 3 nitrogen and oxygen atoms in total. The second kappa shape index (κ2) is 4.60. The van der Waals surface area contributed by atoms with Crippen molar-refractivity contribution in [3.8, 4) is 0 Å². The Bertz CT molecular complexity index is 305. The molecule has 3 fully saturated rings. The van der Waals surface area contributed by atoms with Gasteiger partial charge in [-0.25, -0.2) is 0 Å². The average molecular weight is 236 g/mol. The third-order valence-corrected chi connectivity index (χ3v) is 5.22. The summed E-state index contributed by atoms with van der Waals surface area (Å²) in [5.41, 5.74) is 6.09. The molecule has 0 aliphatic heterocycles. The summed E-state index contributed by atoms with van der Waals surface area (Å²) in [5, 5.41) is 3.23. The van der Waals surface area contributed by atoms with Gasteiger partial charge in [0.25, 0.3) is 0 Å². The van der Waals surface area contributed by atoms with Crippen LogP contribution in [0.4, 0.5) is 0 Å². The Kier molecular flexibility index (Phi) is 3.12. The second-order valence-corrected chi connectivity index (χ2v) is 6.34. The largest absolute Gasteiger partial charge is 0.352 e. The lowest BCUT2D eigenvalue weighted by molar-refractivity contribution is -0.127. The molecule has 5 atom stereocenters. The molecule has 0 aromatic heterocycles. The van der Waals surface area contributed by atoms with Gasteiger partial charge in [-0.15, -0.1) is 0 Å². The Hall–Kier alpha value is -0.570. The number of carbonyl (C=O) groups excluding carboxylic acids is 1. The molecule has 2 bridgehead atoms. The molecule has 0 radical (unpaired) electrons. The second-order valence-electron chi connectivity index (χ2n) is 6.34. The van der Waals surface area contributed by atoms with Crippen molar-refractivity contribution in [2.24, 2.45) is 23.5 Å². The molecule has 3 saturated carbocycles. The number of carbonyl (C=O) groups is 1. The lowest BCUT2D eigenvalue weighted by Gasteiger charge is -2.31. The summed E-state index contributed by atoms with van der Waals surface area (Å²) in [6.07, 6.45) is 9.66. The molecule has 96 valence electrons. The van der Waals surface area contributed by atoms with Crippen LogP contribution in [0.25, 0.3) is 0 Å². The first-order valence-corrected chi connectivity index (χ1v) is 7.30. The first kappa shape index (κ1) is 11.5. The number of rotatable bonds is 2. The molecule has 3 heteroatoms. The molecule has 3 rings (SSSR count). The molecule has 17 heavy (non-hydrogen) atoms. The zero-order chi connectivity index (χ0) is 11.8. The Labute approximate surface area is 104 Å². The van der Waals surface area contributed by atoms with Crippen LogP contribution < -0.4 is 11.1 Å². The van der Waals surface area contributed by atoms with Gasteiger partial charge in [-0.2, -0.15) is 0 Å². The number of nitrogens with one attached hydrogen (secondary N) is 1. The summed E-state index contributed by atoms with van der Waals surface area (Å²) in [6, 6.07) is 0.432. The molecule has 1 amide bonds. The molecule has 3 aliphatic carbocycles. The minimum absolute atomic E-state index is 0.186. The van der Waals surface area contributed by atoms with Crippen molar-refractivity contribution in [2.75, 3.05) is 0 Å². The highest BCUT2D eigenvalue weighted by Crippen LogP contribution is 2.48. The van der Waals surface area contributed by atoms with Gasteiger partial charge >= 0.3 is 0 Å². The van der Waals surface area contributed by atoms with E-state index in [0.717, 1.165) is 25.2 Å².